The van der Waals surface area contributed by atoms with Gasteiger partial charge >= 0.3 is 11.9 Å². The van der Waals surface area contributed by atoms with Gasteiger partial charge in [0.25, 0.3) is 11.5 Å². The maximum absolute atomic E-state index is 12.7. The molecule has 4 N–H and O–H groups in total. The number of amides is 1. The number of nitrogens with one attached hydrogen (secondary N) is 2. The van der Waals surface area contributed by atoms with E-state index in [-0.39, 0.29) is 18.4 Å². The minimum absolute atomic E-state index is 0.188. The zero-order valence-electron chi connectivity index (χ0n) is 19.8. The van der Waals surface area contributed by atoms with Crippen molar-refractivity contribution in [3.05, 3.63) is 69.3 Å². The number of benzene rings is 2. The molecule has 0 radical (unpaired) electrons. The van der Waals surface area contributed by atoms with Crippen molar-refractivity contribution in [2.75, 3.05) is 11.4 Å². The number of hydrogen-bond donors (Lipinski definition) is 4. The number of aryl methyl sites for hydroxylation is 2. The molecule has 10 nitrogen and oxygen atoms in total. The normalized spacial score (nSPS) is 11.7. The molecule has 1 aromatic heterocycles. The van der Waals surface area contributed by atoms with Gasteiger partial charge in [-0.2, -0.15) is 0 Å². The fourth-order valence-corrected chi connectivity index (χ4v) is 3.87. The topological polar surface area (TPSA) is 153 Å². The number of aromatic nitrogens is 2. The van der Waals surface area contributed by atoms with Crippen LogP contribution in [0, 0.1) is 13.8 Å². The van der Waals surface area contributed by atoms with E-state index in [9.17, 15) is 24.3 Å². The van der Waals surface area contributed by atoms with Gasteiger partial charge in [-0.15, -0.1) is 0 Å². The minimum Gasteiger partial charge on any atom is -0.481 e. The third-order valence-corrected chi connectivity index (χ3v) is 5.71. The second-order valence-electron chi connectivity index (χ2n) is 8.31. The molecule has 184 valence electrons. The lowest BCUT2D eigenvalue weighted by Crippen LogP contribution is -2.41. The molecule has 3 aromatic rings. The molecule has 0 bridgehead atoms. The number of hydrogen-bond acceptors (Lipinski definition) is 6. The predicted molar refractivity (Wildman–Crippen MR) is 131 cm³/mol. The molecule has 35 heavy (non-hydrogen) atoms. The van der Waals surface area contributed by atoms with Crippen molar-refractivity contribution >= 4 is 34.4 Å². The number of nitrogens with zero attached hydrogens (tertiary/aromatic N) is 2. The first-order chi connectivity index (χ1) is 16.6. The third kappa shape index (κ3) is 6.23. The fourth-order valence-electron chi connectivity index (χ4n) is 3.87. The first-order valence-electron chi connectivity index (χ1n) is 11.2. The summed E-state index contributed by atoms with van der Waals surface area (Å²) < 4.78 is 0. The summed E-state index contributed by atoms with van der Waals surface area (Å²) in [5.74, 6) is -2.44. The van der Waals surface area contributed by atoms with Gasteiger partial charge in [0.05, 0.1) is 10.9 Å². The van der Waals surface area contributed by atoms with Crippen LogP contribution in [0.3, 0.4) is 0 Å². The van der Waals surface area contributed by atoms with Crippen LogP contribution in [0.2, 0.25) is 0 Å². The quantitative estimate of drug-likeness (QED) is 0.345. The van der Waals surface area contributed by atoms with E-state index in [0.29, 0.717) is 40.9 Å². The van der Waals surface area contributed by atoms with E-state index >= 15 is 0 Å². The van der Waals surface area contributed by atoms with Crippen LogP contribution in [-0.2, 0) is 16.1 Å². The molecule has 0 saturated carbocycles. The van der Waals surface area contributed by atoms with Crippen molar-refractivity contribution in [1.29, 1.82) is 0 Å². The van der Waals surface area contributed by atoms with E-state index in [1.807, 2.05) is 31.2 Å². The van der Waals surface area contributed by atoms with Crippen LogP contribution >= 0.6 is 0 Å². The molecule has 10 heteroatoms. The highest BCUT2D eigenvalue weighted by Gasteiger charge is 2.22. The average Bonchev–Trinajstić information content (AvgIpc) is 2.79. The molecule has 0 aliphatic carbocycles. The lowest BCUT2D eigenvalue weighted by molar-refractivity contribution is -0.140. The van der Waals surface area contributed by atoms with Crippen molar-refractivity contribution < 1.29 is 24.6 Å². The number of carboxylic acid groups (broad SMARTS) is 2. The number of anilines is 1. The number of fused-ring (bicyclic) bond motifs is 1. The molecular formula is C25H28N4O6. The summed E-state index contributed by atoms with van der Waals surface area (Å²) in [4.78, 5) is 56.3. The Morgan fingerprint density at radius 2 is 1.86 bits per heavy atom. The molecule has 1 atom stereocenters. The maximum atomic E-state index is 12.7. The Kier molecular flexibility index (Phi) is 7.85. The molecule has 1 amide bonds. The van der Waals surface area contributed by atoms with Gasteiger partial charge in [-0.25, -0.2) is 9.78 Å². The van der Waals surface area contributed by atoms with Crippen molar-refractivity contribution in [3.63, 3.8) is 0 Å². The zero-order valence-corrected chi connectivity index (χ0v) is 19.8. The molecule has 0 spiro atoms. The SMILES string of the molecule is CCN(Cc1ccc2nc(C)[nH]c(=O)c2c1)c1ccc(C(=O)N[C@@H](CCC(=O)O)C(=O)O)c(C)c1. The van der Waals surface area contributed by atoms with Gasteiger partial charge in [-0.05, 0) is 68.7 Å². The van der Waals surface area contributed by atoms with Crippen molar-refractivity contribution in [2.24, 2.45) is 0 Å². The van der Waals surface area contributed by atoms with E-state index in [2.05, 4.69) is 20.2 Å². The lowest BCUT2D eigenvalue weighted by Gasteiger charge is -2.24. The molecule has 0 fully saturated rings. The predicted octanol–water partition coefficient (Wildman–Crippen LogP) is 2.61. The second kappa shape index (κ2) is 10.8. The van der Waals surface area contributed by atoms with Gasteiger partial charge < -0.3 is 25.4 Å². The van der Waals surface area contributed by atoms with Crippen LogP contribution in [0.4, 0.5) is 5.69 Å². The molecule has 2 aromatic carbocycles. The summed E-state index contributed by atoms with van der Waals surface area (Å²) in [6.07, 6.45) is -0.572. The van der Waals surface area contributed by atoms with Crippen molar-refractivity contribution in [3.8, 4) is 0 Å². The summed E-state index contributed by atoms with van der Waals surface area (Å²) in [7, 11) is 0. The number of carbonyl (C=O) groups excluding carboxylic acids is 1. The highest BCUT2D eigenvalue weighted by Crippen LogP contribution is 2.22. The molecule has 0 aliphatic heterocycles. The summed E-state index contributed by atoms with van der Waals surface area (Å²) in [5, 5.41) is 21.0. The van der Waals surface area contributed by atoms with Gasteiger partial charge in [0.15, 0.2) is 0 Å². The van der Waals surface area contributed by atoms with Gasteiger partial charge in [0, 0.05) is 30.8 Å². The number of carboxylic acids is 2. The monoisotopic (exact) mass is 480 g/mol. The van der Waals surface area contributed by atoms with E-state index < -0.39 is 23.9 Å². The second-order valence-corrected chi connectivity index (χ2v) is 8.31. The third-order valence-electron chi connectivity index (χ3n) is 5.71. The molecular weight excluding hydrogens is 452 g/mol. The highest BCUT2D eigenvalue weighted by atomic mass is 16.4. The zero-order chi connectivity index (χ0) is 25.7. The Hall–Kier alpha value is -4.21. The van der Waals surface area contributed by atoms with Crippen LogP contribution in [0.5, 0.6) is 0 Å². The van der Waals surface area contributed by atoms with Crippen molar-refractivity contribution in [1.82, 2.24) is 15.3 Å². The maximum Gasteiger partial charge on any atom is 0.326 e. The highest BCUT2D eigenvalue weighted by molar-refractivity contribution is 5.98. The van der Waals surface area contributed by atoms with Gasteiger partial charge in [0.2, 0.25) is 0 Å². The van der Waals surface area contributed by atoms with Crippen LogP contribution in [-0.4, -0.2) is 50.6 Å². The summed E-state index contributed by atoms with van der Waals surface area (Å²) >= 11 is 0. The Morgan fingerprint density at radius 1 is 1.11 bits per heavy atom. The van der Waals surface area contributed by atoms with Crippen LogP contribution in [0.25, 0.3) is 10.9 Å². The number of H-pyrrole nitrogens is 1. The molecule has 1 heterocycles. The summed E-state index contributed by atoms with van der Waals surface area (Å²) in [6, 6.07) is 9.51. The number of aliphatic carboxylic acids is 2. The number of aromatic amines is 1. The standard InChI is InChI=1S/C25H28N4O6/c1-4-29(13-16-5-8-20-19(12-16)24(33)27-15(3)26-20)17-6-7-18(14(2)11-17)23(32)28-21(25(34)35)9-10-22(30)31/h5-8,11-12,21H,4,9-10,13H2,1-3H3,(H,28,32)(H,30,31)(H,34,35)(H,26,27,33)/t21-/m0/s1. The molecule has 3 rings (SSSR count). The van der Waals surface area contributed by atoms with Crippen LogP contribution in [0.1, 0.15) is 47.1 Å². The van der Waals surface area contributed by atoms with Gasteiger partial charge in [-0.1, -0.05) is 6.07 Å². The van der Waals surface area contributed by atoms with Crippen molar-refractivity contribution in [2.45, 2.75) is 46.2 Å². The van der Waals surface area contributed by atoms with E-state index in [4.69, 9.17) is 5.11 Å². The number of carbonyl (C=O) groups is 3. The summed E-state index contributed by atoms with van der Waals surface area (Å²) in [6.45, 7) is 6.68. The minimum atomic E-state index is -1.29. The van der Waals surface area contributed by atoms with E-state index in [1.54, 1.807) is 26.0 Å². The lowest BCUT2D eigenvalue weighted by atomic mass is 10.0. The number of rotatable bonds is 10. The van der Waals surface area contributed by atoms with Crippen LogP contribution in [0.15, 0.2) is 41.2 Å². The first-order valence-corrected chi connectivity index (χ1v) is 11.2. The smallest absolute Gasteiger partial charge is 0.326 e. The van der Waals surface area contributed by atoms with Gasteiger partial charge in [-0.3, -0.25) is 14.4 Å². The fraction of sp³-hybridized carbons (Fsp3) is 0.320. The Morgan fingerprint density at radius 3 is 2.49 bits per heavy atom. The Labute approximate surface area is 201 Å². The Balaban J connectivity index is 1.78. The first kappa shape index (κ1) is 25.4. The molecule has 0 unspecified atom stereocenters. The Bertz CT molecular complexity index is 1330. The van der Waals surface area contributed by atoms with E-state index in [1.165, 1.54) is 0 Å². The molecule has 0 aliphatic rings. The van der Waals surface area contributed by atoms with Crippen LogP contribution < -0.4 is 15.8 Å². The van der Waals surface area contributed by atoms with Gasteiger partial charge in [0.1, 0.15) is 11.9 Å². The summed E-state index contributed by atoms with van der Waals surface area (Å²) in [5.41, 5.74) is 3.19. The average molecular weight is 481 g/mol. The molecule has 0 saturated heterocycles. The largest absolute Gasteiger partial charge is 0.481 e. The van der Waals surface area contributed by atoms with E-state index in [0.717, 1.165) is 11.3 Å².